The van der Waals surface area contributed by atoms with Gasteiger partial charge in [0, 0.05) is 26.9 Å². The zero-order valence-corrected chi connectivity index (χ0v) is 16.1. The first-order valence-corrected chi connectivity index (χ1v) is 8.93. The molecule has 6 heteroatoms. The van der Waals surface area contributed by atoms with E-state index in [1.807, 2.05) is 0 Å². The van der Waals surface area contributed by atoms with Crippen LogP contribution < -0.4 is 14.8 Å². The van der Waals surface area contributed by atoms with E-state index in [1.54, 1.807) is 73.8 Å². The number of halogens is 2. The Labute approximate surface area is 167 Å². The van der Waals surface area contributed by atoms with Gasteiger partial charge in [0.1, 0.15) is 18.1 Å². The number of anilines is 1. The molecule has 0 unspecified atom stereocenters. The topological polar surface area (TPSA) is 47.6 Å². The molecule has 0 aliphatic carbocycles. The minimum atomic E-state index is -0.229. The third-order valence-corrected chi connectivity index (χ3v) is 4.36. The van der Waals surface area contributed by atoms with Gasteiger partial charge in [0.25, 0.3) is 5.91 Å². The number of amides is 1. The molecular weight excluding hydrogens is 385 g/mol. The molecule has 0 atom stereocenters. The van der Waals surface area contributed by atoms with Gasteiger partial charge in [0.15, 0.2) is 0 Å². The average Bonchev–Trinajstić information content (AvgIpc) is 2.69. The van der Waals surface area contributed by atoms with Gasteiger partial charge in [-0.25, -0.2) is 0 Å². The Bertz CT molecular complexity index is 925. The molecule has 0 fully saturated rings. The van der Waals surface area contributed by atoms with Crippen molar-refractivity contribution in [2.75, 3.05) is 12.4 Å². The molecule has 0 heterocycles. The Kier molecular flexibility index (Phi) is 6.22. The number of nitrogens with one attached hydrogen (secondary N) is 1. The lowest BCUT2D eigenvalue weighted by Gasteiger charge is -2.12. The van der Waals surface area contributed by atoms with Crippen LogP contribution in [0.4, 0.5) is 5.69 Å². The van der Waals surface area contributed by atoms with Crippen molar-refractivity contribution in [1.82, 2.24) is 0 Å². The van der Waals surface area contributed by atoms with Crippen LogP contribution in [0.25, 0.3) is 0 Å². The fourth-order valence-corrected chi connectivity index (χ4v) is 2.71. The third-order valence-electron chi connectivity index (χ3n) is 3.85. The van der Waals surface area contributed by atoms with Crippen molar-refractivity contribution in [2.24, 2.45) is 0 Å². The summed E-state index contributed by atoms with van der Waals surface area (Å²) < 4.78 is 11.1. The van der Waals surface area contributed by atoms with Gasteiger partial charge in [-0.1, -0.05) is 23.2 Å². The fourth-order valence-electron chi connectivity index (χ4n) is 2.46. The predicted octanol–water partition coefficient (Wildman–Crippen LogP) is 5.83. The zero-order chi connectivity index (χ0) is 19.2. The van der Waals surface area contributed by atoms with Crippen LogP contribution in [0.2, 0.25) is 10.0 Å². The summed E-state index contributed by atoms with van der Waals surface area (Å²) in [6.07, 6.45) is 0. The van der Waals surface area contributed by atoms with Gasteiger partial charge in [0.2, 0.25) is 0 Å². The van der Waals surface area contributed by atoms with Crippen LogP contribution in [0, 0.1) is 0 Å². The Morgan fingerprint density at radius 1 is 0.926 bits per heavy atom. The Morgan fingerprint density at radius 2 is 1.56 bits per heavy atom. The normalized spacial score (nSPS) is 10.3. The van der Waals surface area contributed by atoms with E-state index in [-0.39, 0.29) is 12.5 Å². The number of hydrogen-bond acceptors (Lipinski definition) is 3. The number of ether oxygens (including phenoxy) is 2. The first kappa shape index (κ1) is 19.1. The van der Waals surface area contributed by atoms with Gasteiger partial charge in [-0.05, 0) is 66.7 Å². The molecular formula is C21H17Cl2NO3. The quantitative estimate of drug-likeness (QED) is 0.564. The Morgan fingerprint density at radius 3 is 2.19 bits per heavy atom. The maximum absolute atomic E-state index is 12.5. The van der Waals surface area contributed by atoms with E-state index in [9.17, 15) is 4.79 Å². The average molecular weight is 402 g/mol. The molecule has 0 aromatic heterocycles. The molecule has 0 saturated heterocycles. The van der Waals surface area contributed by atoms with E-state index in [0.29, 0.717) is 32.8 Å². The van der Waals surface area contributed by atoms with Crippen molar-refractivity contribution in [2.45, 2.75) is 6.61 Å². The largest absolute Gasteiger partial charge is 0.496 e. The van der Waals surface area contributed by atoms with E-state index < -0.39 is 0 Å². The van der Waals surface area contributed by atoms with Gasteiger partial charge in [-0.3, -0.25) is 4.79 Å². The van der Waals surface area contributed by atoms with Crippen molar-refractivity contribution in [1.29, 1.82) is 0 Å². The first-order valence-electron chi connectivity index (χ1n) is 8.17. The second-order valence-corrected chi connectivity index (χ2v) is 6.60. The molecule has 0 saturated carbocycles. The van der Waals surface area contributed by atoms with Crippen molar-refractivity contribution in [3.05, 3.63) is 87.9 Å². The molecule has 0 radical (unpaired) electrons. The summed E-state index contributed by atoms with van der Waals surface area (Å²) >= 11 is 11.7. The lowest BCUT2D eigenvalue weighted by atomic mass is 10.1. The molecule has 1 N–H and O–H groups in total. The van der Waals surface area contributed by atoms with Crippen LogP contribution in [0.1, 0.15) is 15.9 Å². The summed E-state index contributed by atoms with van der Waals surface area (Å²) in [6, 6.07) is 19.2. The molecule has 27 heavy (non-hydrogen) atoms. The number of hydrogen-bond donors (Lipinski definition) is 1. The molecule has 138 valence electrons. The van der Waals surface area contributed by atoms with Gasteiger partial charge >= 0.3 is 0 Å². The Hall–Kier alpha value is -2.69. The highest BCUT2D eigenvalue weighted by Crippen LogP contribution is 2.24. The van der Waals surface area contributed by atoms with E-state index in [1.165, 1.54) is 0 Å². The highest BCUT2D eigenvalue weighted by Gasteiger charge is 2.11. The van der Waals surface area contributed by atoms with Gasteiger partial charge < -0.3 is 14.8 Å². The van der Waals surface area contributed by atoms with Crippen molar-refractivity contribution in [3.8, 4) is 11.5 Å². The van der Waals surface area contributed by atoms with E-state index in [2.05, 4.69) is 5.32 Å². The SMILES string of the molecule is COc1ccc(C(=O)Nc2ccc(Cl)cc2)cc1COc1ccc(Cl)cc1. The zero-order valence-electron chi connectivity index (χ0n) is 14.5. The summed E-state index contributed by atoms with van der Waals surface area (Å²) in [5.74, 6) is 1.09. The molecule has 3 aromatic rings. The van der Waals surface area contributed by atoms with Crippen molar-refractivity contribution in [3.63, 3.8) is 0 Å². The lowest BCUT2D eigenvalue weighted by molar-refractivity contribution is 0.102. The molecule has 0 bridgehead atoms. The van der Waals surface area contributed by atoms with Crippen LogP contribution >= 0.6 is 23.2 Å². The second kappa shape index (κ2) is 8.80. The van der Waals surface area contributed by atoms with Gasteiger partial charge in [-0.15, -0.1) is 0 Å². The lowest BCUT2D eigenvalue weighted by Crippen LogP contribution is -2.12. The highest BCUT2D eigenvalue weighted by molar-refractivity contribution is 6.30. The maximum atomic E-state index is 12.5. The summed E-state index contributed by atoms with van der Waals surface area (Å²) in [5.41, 5.74) is 1.93. The predicted molar refractivity (Wildman–Crippen MR) is 108 cm³/mol. The van der Waals surface area contributed by atoms with Crippen LogP contribution in [0.3, 0.4) is 0 Å². The van der Waals surface area contributed by atoms with Crippen LogP contribution in [-0.2, 0) is 6.61 Å². The standard InChI is InChI=1S/C21H17Cl2NO3/c1-26-20-11-2-14(21(25)24-18-7-3-16(22)4-8-18)12-15(20)13-27-19-9-5-17(23)6-10-19/h2-12H,13H2,1H3,(H,24,25). The summed E-state index contributed by atoms with van der Waals surface area (Å²) in [7, 11) is 1.58. The van der Waals surface area contributed by atoms with Crippen molar-refractivity contribution >= 4 is 34.8 Å². The monoisotopic (exact) mass is 401 g/mol. The van der Waals surface area contributed by atoms with Crippen molar-refractivity contribution < 1.29 is 14.3 Å². The summed E-state index contributed by atoms with van der Waals surface area (Å²) in [4.78, 5) is 12.5. The van der Waals surface area contributed by atoms with Gasteiger partial charge in [0.05, 0.1) is 7.11 Å². The molecule has 0 spiro atoms. The fraction of sp³-hybridized carbons (Fsp3) is 0.0952. The van der Waals surface area contributed by atoms with E-state index in [0.717, 1.165) is 5.56 Å². The summed E-state index contributed by atoms with van der Waals surface area (Å²) in [6.45, 7) is 0.257. The van der Waals surface area contributed by atoms with E-state index >= 15 is 0 Å². The number of carbonyl (C=O) groups is 1. The van der Waals surface area contributed by atoms with Crippen LogP contribution in [0.15, 0.2) is 66.7 Å². The molecule has 1 amide bonds. The minimum Gasteiger partial charge on any atom is -0.496 e. The number of carbonyl (C=O) groups excluding carboxylic acids is 1. The van der Waals surface area contributed by atoms with Crippen LogP contribution in [-0.4, -0.2) is 13.0 Å². The molecule has 0 aliphatic rings. The minimum absolute atomic E-state index is 0.229. The van der Waals surface area contributed by atoms with E-state index in [4.69, 9.17) is 32.7 Å². The number of methoxy groups -OCH3 is 1. The molecule has 3 rings (SSSR count). The van der Waals surface area contributed by atoms with Gasteiger partial charge in [-0.2, -0.15) is 0 Å². The number of benzene rings is 3. The molecule has 0 aliphatic heterocycles. The molecule has 3 aromatic carbocycles. The Balaban J connectivity index is 1.74. The highest BCUT2D eigenvalue weighted by atomic mass is 35.5. The second-order valence-electron chi connectivity index (χ2n) is 5.73. The molecule has 4 nitrogen and oxygen atoms in total. The summed E-state index contributed by atoms with van der Waals surface area (Å²) in [5, 5.41) is 4.09. The maximum Gasteiger partial charge on any atom is 0.255 e. The first-order chi connectivity index (χ1) is 13.0. The smallest absolute Gasteiger partial charge is 0.255 e. The number of rotatable bonds is 6. The third kappa shape index (κ3) is 5.16. The van der Waals surface area contributed by atoms with Crippen LogP contribution in [0.5, 0.6) is 11.5 Å².